The molecule has 0 bridgehead atoms. The Morgan fingerprint density at radius 1 is 0.885 bits per heavy atom. The van der Waals surface area contributed by atoms with Crippen molar-refractivity contribution in [3.8, 4) is 0 Å². The molecule has 26 heavy (non-hydrogen) atoms. The summed E-state index contributed by atoms with van der Waals surface area (Å²) in [4.78, 5) is 4.81. The van der Waals surface area contributed by atoms with E-state index in [0.29, 0.717) is 6.42 Å². The Morgan fingerprint density at radius 2 is 1.54 bits per heavy atom. The Bertz CT molecular complexity index is 692. The fraction of sp³-hybridized carbons (Fsp3) is 0.429. The Morgan fingerprint density at radius 3 is 2.19 bits per heavy atom. The highest BCUT2D eigenvalue weighted by Crippen LogP contribution is 2.30. The van der Waals surface area contributed by atoms with Crippen molar-refractivity contribution in [3.63, 3.8) is 0 Å². The third-order valence-electron chi connectivity index (χ3n) is 5.06. The van der Waals surface area contributed by atoms with Crippen LogP contribution in [0.2, 0.25) is 0 Å². The lowest BCUT2D eigenvalue weighted by Gasteiger charge is -2.38. The lowest BCUT2D eigenvalue weighted by atomic mass is 10.0. The van der Waals surface area contributed by atoms with Gasteiger partial charge in [0.1, 0.15) is 0 Å². The zero-order chi connectivity index (χ0) is 18.6. The second-order valence-corrected chi connectivity index (χ2v) is 7.05. The molecule has 1 aliphatic rings. The maximum absolute atomic E-state index is 12.9. The number of piperazine rings is 1. The first kappa shape index (κ1) is 18.9. The number of halogens is 3. The number of alkyl halides is 3. The number of nitrogens with zero attached hydrogens (tertiary/aromatic N) is 2. The summed E-state index contributed by atoms with van der Waals surface area (Å²) in [5.74, 6) is 0. The van der Waals surface area contributed by atoms with Crippen molar-refractivity contribution in [1.29, 1.82) is 0 Å². The lowest BCUT2D eigenvalue weighted by Crippen LogP contribution is -2.49. The third-order valence-corrected chi connectivity index (χ3v) is 5.06. The summed E-state index contributed by atoms with van der Waals surface area (Å²) in [5, 5.41) is 0. The third kappa shape index (κ3) is 5.08. The van der Waals surface area contributed by atoms with E-state index < -0.39 is 11.7 Å². The van der Waals surface area contributed by atoms with Crippen LogP contribution in [0, 0.1) is 0 Å². The maximum Gasteiger partial charge on any atom is 0.416 e. The van der Waals surface area contributed by atoms with E-state index in [1.165, 1.54) is 17.7 Å². The summed E-state index contributed by atoms with van der Waals surface area (Å²) < 4.78 is 38.6. The van der Waals surface area contributed by atoms with E-state index >= 15 is 0 Å². The van der Waals surface area contributed by atoms with Crippen LogP contribution in [-0.4, -0.2) is 42.0 Å². The van der Waals surface area contributed by atoms with Crippen molar-refractivity contribution >= 4 is 0 Å². The number of hydrogen-bond donors (Lipinski definition) is 0. The van der Waals surface area contributed by atoms with Gasteiger partial charge in [-0.25, -0.2) is 0 Å². The minimum Gasteiger partial charge on any atom is -0.298 e. The predicted molar refractivity (Wildman–Crippen MR) is 97.9 cm³/mol. The summed E-state index contributed by atoms with van der Waals surface area (Å²) in [6.07, 6.45) is -3.63. The van der Waals surface area contributed by atoms with Crippen LogP contribution >= 0.6 is 0 Å². The quantitative estimate of drug-likeness (QED) is 0.775. The van der Waals surface area contributed by atoms with Gasteiger partial charge in [0, 0.05) is 38.8 Å². The average Bonchev–Trinajstić information content (AvgIpc) is 2.63. The topological polar surface area (TPSA) is 6.48 Å². The van der Waals surface area contributed by atoms with Gasteiger partial charge in [-0.2, -0.15) is 13.2 Å². The van der Waals surface area contributed by atoms with E-state index in [2.05, 4.69) is 41.0 Å². The van der Waals surface area contributed by atoms with Gasteiger partial charge in [-0.1, -0.05) is 48.5 Å². The van der Waals surface area contributed by atoms with Crippen LogP contribution in [0.3, 0.4) is 0 Å². The molecule has 2 nitrogen and oxygen atoms in total. The van der Waals surface area contributed by atoms with E-state index in [1.807, 2.05) is 6.07 Å². The summed E-state index contributed by atoms with van der Waals surface area (Å²) in [7, 11) is 0. The summed E-state index contributed by atoms with van der Waals surface area (Å²) in [6, 6.07) is 16.4. The van der Waals surface area contributed by atoms with Gasteiger partial charge in [0.15, 0.2) is 0 Å². The lowest BCUT2D eigenvalue weighted by molar-refractivity contribution is -0.137. The average molecular weight is 362 g/mol. The molecule has 2 aromatic carbocycles. The highest BCUT2D eigenvalue weighted by Gasteiger charge is 2.30. The molecule has 1 fully saturated rings. The van der Waals surface area contributed by atoms with Gasteiger partial charge in [0.05, 0.1) is 5.56 Å². The van der Waals surface area contributed by atoms with Crippen LogP contribution in [0.4, 0.5) is 13.2 Å². The minimum absolute atomic E-state index is 0.234. The monoisotopic (exact) mass is 362 g/mol. The molecular formula is C21H25F3N2. The second-order valence-electron chi connectivity index (χ2n) is 7.05. The smallest absolute Gasteiger partial charge is 0.298 e. The molecule has 0 aromatic heterocycles. The summed E-state index contributed by atoms with van der Waals surface area (Å²) in [6.45, 7) is 6.94. The number of rotatable bonds is 5. The molecule has 5 heteroatoms. The van der Waals surface area contributed by atoms with Crippen molar-refractivity contribution in [2.45, 2.75) is 32.1 Å². The molecule has 0 N–H and O–H groups in total. The zero-order valence-electron chi connectivity index (χ0n) is 15.0. The summed E-state index contributed by atoms with van der Waals surface area (Å²) in [5.41, 5.74) is 1.51. The zero-order valence-corrected chi connectivity index (χ0v) is 15.0. The molecule has 0 saturated carbocycles. The van der Waals surface area contributed by atoms with Gasteiger partial charge in [0.2, 0.25) is 0 Å². The second kappa shape index (κ2) is 8.23. The fourth-order valence-electron chi connectivity index (χ4n) is 3.55. The van der Waals surface area contributed by atoms with Gasteiger partial charge in [-0.15, -0.1) is 0 Å². The van der Waals surface area contributed by atoms with Crippen LogP contribution in [0.5, 0.6) is 0 Å². The van der Waals surface area contributed by atoms with Gasteiger partial charge in [-0.3, -0.25) is 9.80 Å². The van der Waals surface area contributed by atoms with Crippen molar-refractivity contribution in [2.24, 2.45) is 0 Å². The van der Waals surface area contributed by atoms with Crippen LogP contribution in [0.15, 0.2) is 54.6 Å². The number of hydrogen-bond acceptors (Lipinski definition) is 2. The molecule has 3 rings (SSSR count). The molecule has 0 amide bonds. The van der Waals surface area contributed by atoms with Crippen molar-refractivity contribution in [3.05, 3.63) is 71.3 Å². The molecule has 1 saturated heterocycles. The Balaban J connectivity index is 1.52. The number of benzene rings is 2. The van der Waals surface area contributed by atoms with Crippen molar-refractivity contribution in [2.75, 3.05) is 26.2 Å². The van der Waals surface area contributed by atoms with Crippen molar-refractivity contribution < 1.29 is 13.2 Å². The molecular weight excluding hydrogens is 337 g/mol. The maximum atomic E-state index is 12.9. The normalized spacial score (nSPS) is 18.0. The van der Waals surface area contributed by atoms with Crippen LogP contribution < -0.4 is 0 Å². The van der Waals surface area contributed by atoms with Crippen molar-refractivity contribution in [1.82, 2.24) is 9.80 Å². The van der Waals surface area contributed by atoms with Gasteiger partial charge >= 0.3 is 6.18 Å². The van der Waals surface area contributed by atoms with E-state index in [4.69, 9.17) is 0 Å². The van der Waals surface area contributed by atoms with E-state index in [1.54, 1.807) is 6.07 Å². The highest BCUT2D eigenvalue weighted by atomic mass is 19.4. The molecule has 1 aliphatic heterocycles. The van der Waals surface area contributed by atoms with E-state index in [9.17, 15) is 13.2 Å². The standard InChI is InChI=1S/C21H25F3N2/c1-17(14-19-8-5-9-20(15-19)21(22,23)24)26-12-10-25(11-13-26)16-18-6-3-2-4-7-18/h2-9,15,17H,10-14,16H2,1H3. The largest absolute Gasteiger partial charge is 0.416 e. The molecule has 0 radical (unpaired) electrons. The van der Waals surface area contributed by atoms with Crippen LogP contribution in [-0.2, 0) is 19.1 Å². The van der Waals surface area contributed by atoms with Gasteiger partial charge in [-0.05, 0) is 30.5 Å². The molecule has 1 heterocycles. The SMILES string of the molecule is CC(Cc1cccc(C(F)(F)F)c1)N1CCN(Cc2ccccc2)CC1. The Hall–Kier alpha value is -1.85. The molecule has 1 atom stereocenters. The summed E-state index contributed by atoms with van der Waals surface area (Å²) >= 11 is 0. The van der Waals surface area contributed by atoms with E-state index in [-0.39, 0.29) is 6.04 Å². The van der Waals surface area contributed by atoms with Gasteiger partial charge in [0.25, 0.3) is 0 Å². The highest BCUT2D eigenvalue weighted by molar-refractivity contribution is 5.26. The molecule has 0 aliphatic carbocycles. The predicted octanol–water partition coefficient (Wildman–Crippen LogP) is 4.45. The van der Waals surface area contributed by atoms with Crippen LogP contribution in [0.1, 0.15) is 23.6 Å². The first-order valence-corrected chi connectivity index (χ1v) is 9.08. The fourth-order valence-corrected chi connectivity index (χ4v) is 3.55. The molecule has 140 valence electrons. The van der Waals surface area contributed by atoms with E-state index in [0.717, 1.165) is 44.4 Å². The van der Waals surface area contributed by atoms with Crippen LogP contribution in [0.25, 0.3) is 0 Å². The Kier molecular flexibility index (Phi) is 5.99. The van der Waals surface area contributed by atoms with Gasteiger partial charge < -0.3 is 0 Å². The first-order chi connectivity index (χ1) is 12.4. The minimum atomic E-state index is -4.28. The molecule has 1 unspecified atom stereocenters. The molecule has 0 spiro atoms. The first-order valence-electron chi connectivity index (χ1n) is 9.08. The Labute approximate surface area is 153 Å². The molecule has 2 aromatic rings.